The summed E-state index contributed by atoms with van der Waals surface area (Å²) in [5.41, 5.74) is 1.14. The maximum atomic E-state index is 6.09. The lowest BCUT2D eigenvalue weighted by molar-refractivity contribution is 0.214. The van der Waals surface area contributed by atoms with E-state index in [0.29, 0.717) is 11.1 Å². The van der Waals surface area contributed by atoms with Crippen molar-refractivity contribution in [3.05, 3.63) is 28.8 Å². The molecule has 0 spiro atoms. The van der Waals surface area contributed by atoms with E-state index in [9.17, 15) is 0 Å². The van der Waals surface area contributed by atoms with E-state index in [2.05, 4.69) is 19.2 Å². The number of benzene rings is 1. The number of halogens is 1. The van der Waals surface area contributed by atoms with E-state index in [-0.39, 0.29) is 6.10 Å². The molecule has 16 heavy (non-hydrogen) atoms. The molecule has 0 saturated carbocycles. The van der Waals surface area contributed by atoms with Crippen LogP contribution in [-0.4, -0.2) is 18.7 Å². The van der Waals surface area contributed by atoms with E-state index in [4.69, 9.17) is 16.3 Å². The maximum Gasteiger partial charge on any atom is 0.138 e. The Labute approximate surface area is 103 Å². The lowest BCUT2D eigenvalue weighted by atomic mass is 10.2. The fraction of sp³-hybridized carbons (Fsp3) is 0.538. The van der Waals surface area contributed by atoms with E-state index in [1.807, 2.05) is 32.0 Å². The lowest BCUT2D eigenvalue weighted by Crippen LogP contribution is -2.33. The van der Waals surface area contributed by atoms with Crippen molar-refractivity contribution in [1.82, 2.24) is 5.32 Å². The van der Waals surface area contributed by atoms with Crippen LogP contribution in [0.4, 0.5) is 0 Å². The van der Waals surface area contributed by atoms with Gasteiger partial charge in [0.2, 0.25) is 0 Å². The number of ether oxygens (including phenoxy) is 1. The summed E-state index contributed by atoms with van der Waals surface area (Å²) in [6, 6.07) is 6.31. The van der Waals surface area contributed by atoms with Crippen LogP contribution in [0.15, 0.2) is 18.2 Å². The van der Waals surface area contributed by atoms with E-state index in [0.717, 1.165) is 17.9 Å². The molecule has 1 unspecified atom stereocenters. The molecule has 0 heterocycles. The van der Waals surface area contributed by atoms with Crippen LogP contribution in [0.5, 0.6) is 5.75 Å². The molecule has 0 amide bonds. The Morgan fingerprint density at radius 1 is 1.31 bits per heavy atom. The molecule has 0 aromatic heterocycles. The lowest BCUT2D eigenvalue weighted by Gasteiger charge is -2.18. The van der Waals surface area contributed by atoms with Crippen LogP contribution in [-0.2, 0) is 0 Å². The van der Waals surface area contributed by atoms with Crippen molar-refractivity contribution in [3.8, 4) is 5.75 Å². The Kier molecular flexibility index (Phi) is 5.10. The van der Waals surface area contributed by atoms with Crippen LogP contribution in [0.25, 0.3) is 0 Å². The van der Waals surface area contributed by atoms with Crippen molar-refractivity contribution in [3.63, 3.8) is 0 Å². The molecular weight excluding hydrogens is 222 g/mol. The summed E-state index contributed by atoms with van der Waals surface area (Å²) in [6.45, 7) is 9.10. The quantitative estimate of drug-likeness (QED) is 0.853. The minimum atomic E-state index is 0.114. The van der Waals surface area contributed by atoms with Gasteiger partial charge in [-0.1, -0.05) is 31.5 Å². The fourth-order valence-corrected chi connectivity index (χ4v) is 1.64. The minimum absolute atomic E-state index is 0.114. The van der Waals surface area contributed by atoms with Gasteiger partial charge >= 0.3 is 0 Å². The minimum Gasteiger partial charge on any atom is -0.488 e. The van der Waals surface area contributed by atoms with Crippen LogP contribution in [0, 0.1) is 6.92 Å². The second-order valence-electron chi connectivity index (χ2n) is 4.43. The van der Waals surface area contributed by atoms with Gasteiger partial charge in [0.25, 0.3) is 0 Å². The van der Waals surface area contributed by atoms with Crippen molar-refractivity contribution >= 4 is 11.6 Å². The molecule has 90 valence electrons. The molecule has 0 radical (unpaired) electrons. The first-order valence-corrected chi connectivity index (χ1v) is 6.03. The van der Waals surface area contributed by atoms with Crippen molar-refractivity contribution in [1.29, 1.82) is 0 Å². The second-order valence-corrected chi connectivity index (χ2v) is 4.83. The average molecular weight is 242 g/mol. The maximum absolute atomic E-state index is 6.09. The van der Waals surface area contributed by atoms with Gasteiger partial charge in [-0.2, -0.15) is 0 Å². The molecule has 0 aliphatic heterocycles. The molecule has 0 bridgehead atoms. The van der Waals surface area contributed by atoms with Crippen molar-refractivity contribution in [2.24, 2.45) is 0 Å². The largest absolute Gasteiger partial charge is 0.488 e. The Morgan fingerprint density at radius 2 is 2.00 bits per heavy atom. The summed E-state index contributed by atoms with van der Waals surface area (Å²) in [5.74, 6) is 0.755. The van der Waals surface area contributed by atoms with Gasteiger partial charge < -0.3 is 10.1 Å². The zero-order chi connectivity index (χ0) is 12.1. The van der Waals surface area contributed by atoms with Gasteiger partial charge in [-0.3, -0.25) is 0 Å². The molecule has 0 saturated heterocycles. The zero-order valence-corrected chi connectivity index (χ0v) is 11.1. The highest BCUT2D eigenvalue weighted by Gasteiger charge is 2.07. The van der Waals surface area contributed by atoms with Gasteiger partial charge in [0.05, 0.1) is 5.02 Å². The third-order valence-corrected chi connectivity index (χ3v) is 2.52. The predicted octanol–water partition coefficient (Wildman–Crippen LogP) is 3.41. The Balaban J connectivity index is 2.52. The number of hydrogen-bond acceptors (Lipinski definition) is 2. The first-order chi connectivity index (χ1) is 7.49. The van der Waals surface area contributed by atoms with Crippen molar-refractivity contribution in [2.75, 3.05) is 6.54 Å². The van der Waals surface area contributed by atoms with E-state index in [1.165, 1.54) is 0 Å². The van der Waals surface area contributed by atoms with Crippen LogP contribution in [0.2, 0.25) is 5.02 Å². The highest BCUT2D eigenvalue weighted by Crippen LogP contribution is 2.25. The molecule has 0 fully saturated rings. The van der Waals surface area contributed by atoms with E-state index >= 15 is 0 Å². The molecule has 1 atom stereocenters. The van der Waals surface area contributed by atoms with Gasteiger partial charge in [0.15, 0.2) is 0 Å². The van der Waals surface area contributed by atoms with Gasteiger partial charge in [0, 0.05) is 12.6 Å². The first-order valence-electron chi connectivity index (χ1n) is 5.65. The number of aryl methyl sites for hydroxylation is 1. The molecule has 1 rings (SSSR count). The molecule has 1 aromatic carbocycles. The fourth-order valence-electron chi connectivity index (χ4n) is 1.36. The molecule has 2 nitrogen and oxygen atoms in total. The zero-order valence-electron chi connectivity index (χ0n) is 10.4. The summed E-state index contributed by atoms with van der Waals surface area (Å²) in [7, 11) is 0. The smallest absolute Gasteiger partial charge is 0.138 e. The topological polar surface area (TPSA) is 21.3 Å². The van der Waals surface area contributed by atoms with E-state index < -0.39 is 0 Å². The van der Waals surface area contributed by atoms with Gasteiger partial charge in [0.1, 0.15) is 11.9 Å². The van der Waals surface area contributed by atoms with Crippen LogP contribution < -0.4 is 10.1 Å². The van der Waals surface area contributed by atoms with Gasteiger partial charge in [-0.25, -0.2) is 0 Å². The summed E-state index contributed by atoms with van der Waals surface area (Å²) in [5, 5.41) is 4.01. The molecule has 1 aromatic rings. The van der Waals surface area contributed by atoms with E-state index in [1.54, 1.807) is 0 Å². The third-order valence-electron chi connectivity index (χ3n) is 2.23. The first kappa shape index (κ1) is 13.3. The molecular formula is C13H20ClNO. The molecule has 0 aliphatic carbocycles. The summed E-state index contributed by atoms with van der Waals surface area (Å²) in [4.78, 5) is 0. The van der Waals surface area contributed by atoms with Gasteiger partial charge in [-0.15, -0.1) is 0 Å². The molecule has 0 aliphatic rings. The van der Waals surface area contributed by atoms with Gasteiger partial charge in [-0.05, 0) is 31.5 Å². The highest BCUT2D eigenvalue weighted by atomic mass is 35.5. The number of nitrogens with one attached hydrogen (secondary N) is 1. The second kappa shape index (κ2) is 6.12. The normalized spacial score (nSPS) is 12.9. The Hall–Kier alpha value is -0.730. The number of hydrogen-bond donors (Lipinski definition) is 1. The van der Waals surface area contributed by atoms with Crippen LogP contribution in [0.3, 0.4) is 0 Å². The summed E-state index contributed by atoms with van der Waals surface area (Å²) in [6.07, 6.45) is 0.114. The summed E-state index contributed by atoms with van der Waals surface area (Å²) >= 11 is 6.09. The average Bonchev–Trinajstić information content (AvgIpc) is 2.19. The Morgan fingerprint density at radius 3 is 2.56 bits per heavy atom. The van der Waals surface area contributed by atoms with Crippen LogP contribution >= 0.6 is 11.6 Å². The monoisotopic (exact) mass is 241 g/mol. The molecule has 1 N–H and O–H groups in total. The van der Waals surface area contributed by atoms with Crippen molar-refractivity contribution < 1.29 is 4.74 Å². The molecule has 3 heteroatoms. The standard InChI is InChI=1S/C13H20ClNO/c1-9(2)15-8-11(4)16-13-6-5-10(3)7-12(13)14/h5-7,9,11,15H,8H2,1-4H3. The number of rotatable bonds is 5. The SMILES string of the molecule is Cc1ccc(OC(C)CNC(C)C)c(Cl)c1. The van der Waals surface area contributed by atoms with Crippen molar-refractivity contribution in [2.45, 2.75) is 39.8 Å². The predicted molar refractivity (Wildman–Crippen MR) is 69.4 cm³/mol. The third kappa shape index (κ3) is 4.42. The summed E-state index contributed by atoms with van der Waals surface area (Å²) < 4.78 is 5.76. The Bertz CT molecular complexity index is 339. The highest BCUT2D eigenvalue weighted by molar-refractivity contribution is 6.32. The van der Waals surface area contributed by atoms with Crippen LogP contribution in [0.1, 0.15) is 26.3 Å².